The molecule has 0 radical (unpaired) electrons. The summed E-state index contributed by atoms with van der Waals surface area (Å²) >= 11 is 0. The number of fused-ring (bicyclic) bond motifs is 2. The SMILES string of the molecule is O=C1NC(=O)C(c2cn(CCCN3CCCCC3)c3c(C(F)(F)F)cccc23)=C1c1c[nH]c2ccccc12. The van der Waals surface area contributed by atoms with Gasteiger partial charge in [0.1, 0.15) is 0 Å². The van der Waals surface area contributed by atoms with Gasteiger partial charge in [-0.2, -0.15) is 13.2 Å². The molecule has 9 heteroatoms. The zero-order valence-corrected chi connectivity index (χ0v) is 20.7. The van der Waals surface area contributed by atoms with E-state index in [1.807, 2.05) is 24.3 Å². The summed E-state index contributed by atoms with van der Waals surface area (Å²) in [5.41, 5.74) is 1.20. The van der Waals surface area contributed by atoms with Crippen LogP contribution in [0.5, 0.6) is 0 Å². The first-order chi connectivity index (χ1) is 18.3. The number of hydrogen-bond donors (Lipinski definition) is 2. The standard InChI is InChI=1S/C29H27F3N4O2/c30-29(31,32)22-10-6-9-19-21(17-36(26(19)22)15-7-14-35-12-4-1-5-13-35)25-24(27(37)34-28(25)38)20-16-33-23-11-3-2-8-18(20)23/h2-3,6,8-11,16-17,33H,1,4-5,7,12-15H2,(H,34,37,38). The van der Waals surface area contributed by atoms with Gasteiger partial charge in [0.05, 0.1) is 22.2 Å². The van der Waals surface area contributed by atoms with Gasteiger partial charge < -0.3 is 14.5 Å². The average molecular weight is 521 g/mol. The highest BCUT2D eigenvalue weighted by molar-refractivity contribution is 6.50. The van der Waals surface area contributed by atoms with E-state index < -0.39 is 23.6 Å². The molecule has 2 amide bonds. The molecule has 0 spiro atoms. The van der Waals surface area contributed by atoms with E-state index >= 15 is 0 Å². The van der Waals surface area contributed by atoms with E-state index in [0.29, 0.717) is 29.5 Å². The van der Waals surface area contributed by atoms with Crippen LogP contribution in [0.3, 0.4) is 0 Å². The minimum atomic E-state index is -4.57. The van der Waals surface area contributed by atoms with Crippen molar-refractivity contribution in [3.8, 4) is 0 Å². The van der Waals surface area contributed by atoms with Crippen LogP contribution in [0.4, 0.5) is 13.2 Å². The number of aromatic amines is 1. The lowest BCUT2D eigenvalue weighted by Gasteiger charge is -2.26. The molecule has 0 unspecified atom stereocenters. The molecule has 1 saturated heterocycles. The number of rotatable bonds is 6. The lowest BCUT2D eigenvalue weighted by molar-refractivity contribution is -0.136. The first-order valence-electron chi connectivity index (χ1n) is 12.9. The fourth-order valence-corrected chi connectivity index (χ4v) is 5.86. The number of alkyl halides is 3. The zero-order valence-electron chi connectivity index (χ0n) is 20.7. The van der Waals surface area contributed by atoms with Crippen LogP contribution >= 0.6 is 0 Å². The summed E-state index contributed by atoms with van der Waals surface area (Å²) < 4.78 is 44.0. The molecule has 6 nitrogen and oxygen atoms in total. The number of aryl methyl sites for hydroxylation is 1. The van der Waals surface area contributed by atoms with Gasteiger partial charge >= 0.3 is 6.18 Å². The second-order valence-electron chi connectivity index (χ2n) is 9.97. The maximum absolute atomic E-state index is 14.1. The highest BCUT2D eigenvalue weighted by Crippen LogP contribution is 2.42. The first-order valence-corrected chi connectivity index (χ1v) is 12.9. The van der Waals surface area contributed by atoms with Crippen LogP contribution < -0.4 is 5.32 Å². The topological polar surface area (TPSA) is 70.1 Å². The normalized spacial score (nSPS) is 17.2. The number of para-hydroxylation sites is 2. The fraction of sp³-hybridized carbons (Fsp3) is 0.310. The summed E-state index contributed by atoms with van der Waals surface area (Å²) in [5.74, 6) is -1.17. The van der Waals surface area contributed by atoms with E-state index in [-0.39, 0.29) is 16.7 Å². The molecule has 0 atom stereocenters. The van der Waals surface area contributed by atoms with Crippen molar-refractivity contribution in [2.45, 2.75) is 38.4 Å². The molecule has 1 fully saturated rings. The van der Waals surface area contributed by atoms with Crippen molar-refractivity contribution in [2.75, 3.05) is 19.6 Å². The molecule has 2 aliphatic rings. The first kappa shape index (κ1) is 24.5. The summed E-state index contributed by atoms with van der Waals surface area (Å²) in [7, 11) is 0. The largest absolute Gasteiger partial charge is 0.418 e. The average Bonchev–Trinajstić information content (AvgIpc) is 3.56. The number of imide groups is 1. The second kappa shape index (κ2) is 9.47. The van der Waals surface area contributed by atoms with Crippen LogP contribution in [0.2, 0.25) is 0 Å². The minimum Gasteiger partial charge on any atom is -0.361 e. The van der Waals surface area contributed by atoms with Gasteiger partial charge in [0.15, 0.2) is 0 Å². The highest BCUT2D eigenvalue weighted by atomic mass is 19.4. The molecule has 6 rings (SSSR count). The zero-order chi connectivity index (χ0) is 26.4. The molecule has 0 aliphatic carbocycles. The maximum Gasteiger partial charge on any atom is 0.418 e. The molecule has 2 aromatic carbocycles. The number of nitrogens with one attached hydrogen (secondary N) is 2. The summed E-state index contributed by atoms with van der Waals surface area (Å²) in [6.45, 7) is 3.18. The van der Waals surface area contributed by atoms with Crippen LogP contribution in [-0.4, -0.2) is 45.9 Å². The molecule has 0 saturated carbocycles. The molecule has 2 aliphatic heterocycles. The Hall–Kier alpha value is -3.85. The number of carbonyl (C=O) groups is 2. The Labute approximate surface area is 217 Å². The molecule has 2 aromatic heterocycles. The number of carbonyl (C=O) groups excluding carboxylic acids is 2. The molecule has 2 N–H and O–H groups in total. The predicted molar refractivity (Wildman–Crippen MR) is 140 cm³/mol. The van der Waals surface area contributed by atoms with Gasteiger partial charge in [0.2, 0.25) is 0 Å². The van der Waals surface area contributed by atoms with E-state index in [1.165, 1.54) is 12.5 Å². The van der Waals surface area contributed by atoms with E-state index in [2.05, 4.69) is 15.2 Å². The fourth-order valence-electron chi connectivity index (χ4n) is 5.86. The molecule has 4 heterocycles. The van der Waals surface area contributed by atoms with Crippen LogP contribution in [0, 0.1) is 0 Å². The Balaban J connectivity index is 1.50. The summed E-state index contributed by atoms with van der Waals surface area (Å²) in [5, 5.41) is 3.43. The van der Waals surface area contributed by atoms with E-state index in [9.17, 15) is 22.8 Å². The minimum absolute atomic E-state index is 0.0339. The quantitative estimate of drug-likeness (QED) is 0.326. The van der Waals surface area contributed by atoms with Crippen molar-refractivity contribution < 1.29 is 22.8 Å². The Morgan fingerprint density at radius 3 is 2.29 bits per heavy atom. The molecule has 38 heavy (non-hydrogen) atoms. The van der Waals surface area contributed by atoms with E-state index in [0.717, 1.165) is 49.4 Å². The number of nitrogens with zero attached hydrogens (tertiary/aromatic N) is 2. The van der Waals surface area contributed by atoms with E-state index in [1.54, 1.807) is 23.0 Å². The molecular weight excluding hydrogens is 493 g/mol. The Bertz CT molecular complexity index is 1590. The number of benzene rings is 2. The van der Waals surface area contributed by atoms with Crippen molar-refractivity contribution in [3.63, 3.8) is 0 Å². The van der Waals surface area contributed by atoms with Crippen LogP contribution in [0.1, 0.15) is 42.4 Å². The van der Waals surface area contributed by atoms with Crippen molar-refractivity contribution in [2.24, 2.45) is 0 Å². The highest BCUT2D eigenvalue weighted by Gasteiger charge is 2.38. The molecule has 4 aromatic rings. The third kappa shape index (κ3) is 4.20. The lowest BCUT2D eigenvalue weighted by atomic mass is 9.95. The number of H-pyrrole nitrogens is 1. The third-order valence-corrected chi connectivity index (χ3v) is 7.58. The molecule has 0 bridgehead atoms. The van der Waals surface area contributed by atoms with Crippen molar-refractivity contribution >= 4 is 44.8 Å². The van der Waals surface area contributed by atoms with Gasteiger partial charge in [-0.05, 0) is 51.0 Å². The lowest BCUT2D eigenvalue weighted by Crippen LogP contribution is -2.31. The Morgan fingerprint density at radius 2 is 1.53 bits per heavy atom. The summed E-state index contributed by atoms with van der Waals surface area (Å²) in [6, 6.07) is 11.4. The number of amides is 2. The number of aromatic nitrogens is 2. The Morgan fingerprint density at radius 1 is 0.816 bits per heavy atom. The second-order valence-corrected chi connectivity index (χ2v) is 9.97. The van der Waals surface area contributed by atoms with Gasteiger partial charge in [-0.3, -0.25) is 14.9 Å². The number of halogens is 3. The van der Waals surface area contributed by atoms with Gasteiger partial charge in [0.25, 0.3) is 11.8 Å². The molecular formula is C29H27F3N4O2. The number of hydrogen-bond acceptors (Lipinski definition) is 3. The van der Waals surface area contributed by atoms with Gasteiger partial charge in [0, 0.05) is 46.4 Å². The Kier molecular flexibility index (Phi) is 6.10. The van der Waals surface area contributed by atoms with Crippen LogP contribution in [0.15, 0.2) is 54.9 Å². The van der Waals surface area contributed by atoms with Crippen LogP contribution in [-0.2, 0) is 22.3 Å². The van der Waals surface area contributed by atoms with Gasteiger partial charge in [-0.15, -0.1) is 0 Å². The maximum atomic E-state index is 14.1. The predicted octanol–water partition coefficient (Wildman–Crippen LogP) is 5.58. The van der Waals surface area contributed by atoms with Crippen LogP contribution in [0.25, 0.3) is 33.0 Å². The monoisotopic (exact) mass is 520 g/mol. The third-order valence-electron chi connectivity index (χ3n) is 7.58. The van der Waals surface area contributed by atoms with Gasteiger partial charge in [-0.1, -0.05) is 36.8 Å². The number of likely N-dealkylation sites (tertiary alicyclic amines) is 1. The van der Waals surface area contributed by atoms with Gasteiger partial charge in [-0.25, -0.2) is 0 Å². The summed E-state index contributed by atoms with van der Waals surface area (Å²) in [4.78, 5) is 31.6. The number of piperidine rings is 1. The van der Waals surface area contributed by atoms with Crippen molar-refractivity contribution in [1.29, 1.82) is 0 Å². The summed E-state index contributed by atoms with van der Waals surface area (Å²) in [6.07, 6.45) is 2.88. The smallest absolute Gasteiger partial charge is 0.361 e. The van der Waals surface area contributed by atoms with Crippen molar-refractivity contribution in [3.05, 3.63) is 71.5 Å². The van der Waals surface area contributed by atoms with E-state index in [4.69, 9.17) is 0 Å². The van der Waals surface area contributed by atoms with Crippen molar-refractivity contribution in [1.82, 2.24) is 19.8 Å². The molecule has 196 valence electrons.